The highest BCUT2D eigenvalue weighted by molar-refractivity contribution is 7.09. The van der Waals surface area contributed by atoms with Crippen molar-refractivity contribution >= 4 is 17.2 Å². The number of rotatable bonds is 4. The summed E-state index contributed by atoms with van der Waals surface area (Å²) in [5, 5.41) is 12.6. The summed E-state index contributed by atoms with van der Waals surface area (Å²) in [5.74, 6) is -0.176. The van der Waals surface area contributed by atoms with Gasteiger partial charge in [-0.2, -0.15) is 9.90 Å². The number of carbonyl (C=O) groups is 1. The molecule has 2 aromatic rings. The van der Waals surface area contributed by atoms with Gasteiger partial charge in [0.15, 0.2) is 5.69 Å². The Labute approximate surface area is 97.1 Å². The van der Waals surface area contributed by atoms with Crippen LogP contribution in [0.1, 0.15) is 15.4 Å². The first kappa shape index (κ1) is 10.8. The SMILES string of the molecule is Cn1ncc(C(=O)NCCc2cccs2)n1. The van der Waals surface area contributed by atoms with Crippen LogP contribution in [0.25, 0.3) is 0 Å². The second kappa shape index (κ2) is 4.89. The van der Waals surface area contributed by atoms with Crippen molar-refractivity contribution < 1.29 is 4.79 Å². The molecule has 1 N–H and O–H groups in total. The van der Waals surface area contributed by atoms with Gasteiger partial charge >= 0.3 is 0 Å². The van der Waals surface area contributed by atoms with E-state index in [-0.39, 0.29) is 5.91 Å². The number of nitrogens with zero attached hydrogens (tertiary/aromatic N) is 3. The van der Waals surface area contributed by atoms with Crippen LogP contribution in [0.3, 0.4) is 0 Å². The van der Waals surface area contributed by atoms with E-state index in [1.807, 2.05) is 11.4 Å². The van der Waals surface area contributed by atoms with Crippen LogP contribution in [-0.4, -0.2) is 27.4 Å². The van der Waals surface area contributed by atoms with Gasteiger partial charge < -0.3 is 5.32 Å². The molecule has 0 spiro atoms. The minimum Gasteiger partial charge on any atom is -0.350 e. The smallest absolute Gasteiger partial charge is 0.273 e. The van der Waals surface area contributed by atoms with E-state index in [0.29, 0.717) is 12.2 Å². The molecule has 1 amide bonds. The van der Waals surface area contributed by atoms with Gasteiger partial charge in [0.1, 0.15) is 0 Å². The van der Waals surface area contributed by atoms with Gasteiger partial charge in [-0.1, -0.05) is 6.07 Å². The molecule has 2 heterocycles. The Kier molecular flexibility index (Phi) is 3.31. The third-order valence-corrected chi connectivity index (χ3v) is 3.01. The molecule has 0 bridgehead atoms. The van der Waals surface area contributed by atoms with Crippen molar-refractivity contribution in [3.05, 3.63) is 34.3 Å². The molecular formula is C10H12N4OS. The quantitative estimate of drug-likeness (QED) is 0.856. The van der Waals surface area contributed by atoms with E-state index in [2.05, 4.69) is 21.6 Å². The molecule has 84 valence electrons. The van der Waals surface area contributed by atoms with Crippen molar-refractivity contribution in [3.8, 4) is 0 Å². The normalized spacial score (nSPS) is 10.3. The van der Waals surface area contributed by atoms with Gasteiger partial charge in [0.2, 0.25) is 0 Å². The molecule has 0 aliphatic rings. The molecule has 16 heavy (non-hydrogen) atoms. The molecule has 0 fully saturated rings. The second-order valence-electron chi connectivity index (χ2n) is 3.30. The number of hydrogen-bond acceptors (Lipinski definition) is 4. The average Bonchev–Trinajstić information content (AvgIpc) is 2.89. The largest absolute Gasteiger partial charge is 0.350 e. The molecule has 6 heteroatoms. The number of thiophene rings is 1. The van der Waals surface area contributed by atoms with Gasteiger partial charge in [-0.05, 0) is 17.9 Å². The number of amides is 1. The Morgan fingerprint density at radius 1 is 1.62 bits per heavy atom. The summed E-state index contributed by atoms with van der Waals surface area (Å²) in [7, 11) is 1.68. The van der Waals surface area contributed by atoms with E-state index in [1.165, 1.54) is 15.9 Å². The molecule has 0 aliphatic heterocycles. The minimum atomic E-state index is -0.176. The van der Waals surface area contributed by atoms with Crippen LogP contribution >= 0.6 is 11.3 Å². The maximum Gasteiger partial charge on any atom is 0.273 e. The van der Waals surface area contributed by atoms with Crippen LogP contribution in [0, 0.1) is 0 Å². The van der Waals surface area contributed by atoms with Gasteiger partial charge in [-0.15, -0.1) is 16.4 Å². The maximum absolute atomic E-state index is 11.6. The van der Waals surface area contributed by atoms with Gasteiger partial charge in [0.25, 0.3) is 5.91 Å². The van der Waals surface area contributed by atoms with Crippen LogP contribution in [-0.2, 0) is 13.5 Å². The van der Waals surface area contributed by atoms with Gasteiger partial charge in [-0.25, -0.2) is 0 Å². The molecule has 0 aliphatic carbocycles. The Morgan fingerprint density at radius 3 is 3.12 bits per heavy atom. The molecule has 2 aromatic heterocycles. The third-order valence-electron chi connectivity index (χ3n) is 2.07. The highest BCUT2D eigenvalue weighted by Crippen LogP contribution is 2.08. The summed E-state index contributed by atoms with van der Waals surface area (Å²) in [4.78, 5) is 14.2. The van der Waals surface area contributed by atoms with E-state index in [0.717, 1.165) is 6.42 Å². The fourth-order valence-electron chi connectivity index (χ4n) is 1.29. The lowest BCUT2D eigenvalue weighted by Gasteiger charge is -2.00. The van der Waals surface area contributed by atoms with E-state index in [9.17, 15) is 4.79 Å². The van der Waals surface area contributed by atoms with Crippen LogP contribution in [0.2, 0.25) is 0 Å². The number of hydrogen-bond donors (Lipinski definition) is 1. The first-order valence-electron chi connectivity index (χ1n) is 4.92. The molecule has 0 atom stereocenters. The first-order chi connectivity index (χ1) is 7.75. The lowest BCUT2D eigenvalue weighted by molar-refractivity contribution is 0.0948. The maximum atomic E-state index is 11.6. The molecule has 0 unspecified atom stereocenters. The Morgan fingerprint density at radius 2 is 2.50 bits per heavy atom. The second-order valence-corrected chi connectivity index (χ2v) is 4.34. The van der Waals surface area contributed by atoms with E-state index >= 15 is 0 Å². The fourth-order valence-corrected chi connectivity index (χ4v) is 2.00. The van der Waals surface area contributed by atoms with Crippen molar-refractivity contribution in [1.29, 1.82) is 0 Å². The Bertz CT molecular complexity index is 463. The first-order valence-corrected chi connectivity index (χ1v) is 5.80. The zero-order valence-corrected chi connectivity index (χ0v) is 9.70. The summed E-state index contributed by atoms with van der Waals surface area (Å²) < 4.78 is 0. The number of aryl methyl sites for hydroxylation is 1. The molecular weight excluding hydrogens is 224 g/mol. The summed E-state index contributed by atoms with van der Waals surface area (Å²) in [5.41, 5.74) is 0.355. The van der Waals surface area contributed by atoms with Crippen molar-refractivity contribution in [2.24, 2.45) is 7.05 Å². The predicted octanol–water partition coefficient (Wildman–Crippen LogP) is 0.849. The zero-order chi connectivity index (χ0) is 11.4. The van der Waals surface area contributed by atoms with Gasteiger partial charge in [0, 0.05) is 18.5 Å². The number of aromatic nitrogens is 3. The third kappa shape index (κ3) is 2.66. The summed E-state index contributed by atoms with van der Waals surface area (Å²) in [6, 6.07) is 4.06. The fraction of sp³-hybridized carbons (Fsp3) is 0.300. The van der Waals surface area contributed by atoms with Crippen LogP contribution in [0.15, 0.2) is 23.7 Å². The molecule has 0 saturated heterocycles. The molecule has 0 saturated carbocycles. The minimum absolute atomic E-state index is 0.176. The van der Waals surface area contributed by atoms with Crippen molar-refractivity contribution in [2.75, 3.05) is 6.54 Å². The van der Waals surface area contributed by atoms with Gasteiger partial charge in [0.05, 0.1) is 6.20 Å². The Balaban J connectivity index is 1.80. The summed E-state index contributed by atoms with van der Waals surface area (Å²) in [6.45, 7) is 0.621. The predicted molar refractivity (Wildman–Crippen MR) is 61.4 cm³/mol. The monoisotopic (exact) mass is 236 g/mol. The molecule has 5 nitrogen and oxygen atoms in total. The highest BCUT2D eigenvalue weighted by Gasteiger charge is 2.08. The summed E-state index contributed by atoms with van der Waals surface area (Å²) in [6.07, 6.45) is 2.31. The van der Waals surface area contributed by atoms with E-state index in [4.69, 9.17) is 0 Å². The topological polar surface area (TPSA) is 59.8 Å². The number of nitrogens with one attached hydrogen (secondary N) is 1. The zero-order valence-electron chi connectivity index (χ0n) is 8.88. The van der Waals surface area contributed by atoms with Crippen molar-refractivity contribution in [3.63, 3.8) is 0 Å². The lowest BCUT2D eigenvalue weighted by Crippen LogP contribution is -2.26. The number of carbonyl (C=O) groups excluding carboxylic acids is 1. The van der Waals surface area contributed by atoms with Crippen molar-refractivity contribution in [2.45, 2.75) is 6.42 Å². The van der Waals surface area contributed by atoms with Crippen LogP contribution in [0.5, 0.6) is 0 Å². The van der Waals surface area contributed by atoms with Crippen LogP contribution < -0.4 is 5.32 Å². The standard InChI is InChI=1S/C10H12N4OS/c1-14-12-7-9(13-14)10(15)11-5-4-8-3-2-6-16-8/h2-3,6-7H,4-5H2,1H3,(H,11,15). The van der Waals surface area contributed by atoms with Gasteiger partial charge in [-0.3, -0.25) is 4.79 Å². The average molecular weight is 236 g/mol. The van der Waals surface area contributed by atoms with E-state index in [1.54, 1.807) is 18.4 Å². The Hall–Kier alpha value is -1.69. The molecule has 0 aromatic carbocycles. The molecule has 0 radical (unpaired) electrons. The van der Waals surface area contributed by atoms with Crippen LogP contribution in [0.4, 0.5) is 0 Å². The molecule has 2 rings (SSSR count). The summed E-state index contributed by atoms with van der Waals surface area (Å²) >= 11 is 1.69. The van der Waals surface area contributed by atoms with Crippen molar-refractivity contribution in [1.82, 2.24) is 20.3 Å². The lowest BCUT2D eigenvalue weighted by atomic mass is 10.3. The van der Waals surface area contributed by atoms with E-state index < -0.39 is 0 Å². The highest BCUT2D eigenvalue weighted by atomic mass is 32.1.